The maximum Gasteiger partial charge on any atom is 0.338 e. The molecule has 0 aliphatic heterocycles. The fraction of sp³-hybridized carbons (Fsp3) is 0.143. The number of fused-ring (bicyclic) bond motifs is 1. The monoisotopic (exact) mass is 260 g/mol. The number of hydrogen-bond donors (Lipinski definition) is 1. The molecule has 1 N–H and O–H groups in total. The van der Waals surface area contributed by atoms with Crippen LogP contribution in [0.15, 0.2) is 30.3 Å². The maximum atomic E-state index is 11.7. The van der Waals surface area contributed by atoms with Crippen molar-refractivity contribution in [1.82, 2.24) is 0 Å². The van der Waals surface area contributed by atoms with Crippen molar-refractivity contribution in [3.63, 3.8) is 0 Å². The molecule has 2 aliphatic carbocycles. The minimum atomic E-state index is -0.550. The summed E-state index contributed by atoms with van der Waals surface area (Å²) >= 11 is 0. The Balaban J connectivity index is 2.72. The first kappa shape index (κ1) is 12.9. The van der Waals surface area contributed by atoms with E-state index < -0.39 is 11.9 Å². The lowest BCUT2D eigenvalue weighted by Crippen LogP contribution is -2.01. The lowest BCUT2D eigenvalue weighted by Gasteiger charge is -1.99. The fourth-order valence-corrected chi connectivity index (χ4v) is 1.90. The van der Waals surface area contributed by atoms with Crippen LogP contribution in [0, 0.1) is 0 Å². The Morgan fingerprint density at radius 3 is 1.68 bits per heavy atom. The minimum absolute atomic E-state index is 0.0304. The van der Waals surface area contributed by atoms with Gasteiger partial charge >= 0.3 is 11.9 Å². The zero-order valence-corrected chi connectivity index (χ0v) is 10.5. The topological polar surface area (TPSA) is 72.8 Å². The number of esters is 2. The number of rotatable bonds is 2. The zero-order valence-electron chi connectivity index (χ0n) is 10.5. The molecule has 0 saturated carbocycles. The average molecular weight is 260 g/mol. The number of hydrogen-bond acceptors (Lipinski definition) is 5. The molecule has 5 heteroatoms. The molecule has 0 spiro atoms. The molecule has 2 aliphatic rings. The standard InChI is InChI=1S/C14H12O5/c1-18-13(16)11-7-12(14(17)19-2)10-6-4-8(15)3-5-9(10)11/h3-7,15H,1-2H3. The van der Waals surface area contributed by atoms with Crippen LogP contribution in [0.4, 0.5) is 0 Å². The van der Waals surface area contributed by atoms with Crippen molar-refractivity contribution in [2.24, 2.45) is 0 Å². The van der Waals surface area contributed by atoms with Crippen LogP contribution >= 0.6 is 0 Å². The molecule has 0 unspecified atom stereocenters. The van der Waals surface area contributed by atoms with Gasteiger partial charge in [0.25, 0.3) is 0 Å². The molecule has 0 fully saturated rings. The van der Waals surface area contributed by atoms with E-state index in [1.165, 1.54) is 32.4 Å². The van der Waals surface area contributed by atoms with Gasteiger partial charge in [-0.25, -0.2) is 9.59 Å². The van der Waals surface area contributed by atoms with E-state index in [0.717, 1.165) is 0 Å². The molecule has 0 aromatic carbocycles. The smallest absolute Gasteiger partial charge is 0.338 e. The summed E-state index contributed by atoms with van der Waals surface area (Å²) in [6.07, 6.45) is 0. The van der Waals surface area contributed by atoms with E-state index in [-0.39, 0.29) is 16.9 Å². The predicted molar refractivity (Wildman–Crippen MR) is 67.4 cm³/mol. The first-order chi connectivity index (χ1) is 9.08. The van der Waals surface area contributed by atoms with Crippen LogP contribution in [-0.2, 0) is 9.47 Å². The molecule has 0 atom stereocenters. The maximum absolute atomic E-state index is 11.7. The van der Waals surface area contributed by atoms with E-state index in [1.54, 1.807) is 12.1 Å². The van der Waals surface area contributed by atoms with Crippen molar-refractivity contribution in [2.75, 3.05) is 14.2 Å². The molecule has 19 heavy (non-hydrogen) atoms. The van der Waals surface area contributed by atoms with Gasteiger partial charge in [0.15, 0.2) is 0 Å². The second-order valence-electron chi connectivity index (χ2n) is 3.87. The summed E-state index contributed by atoms with van der Waals surface area (Å²) in [4.78, 5) is 23.4. The molecule has 98 valence electrons. The van der Waals surface area contributed by atoms with Gasteiger partial charge in [-0.3, -0.25) is 0 Å². The summed E-state index contributed by atoms with van der Waals surface area (Å²) in [5, 5.41) is 9.46. The summed E-state index contributed by atoms with van der Waals surface area (Å²) in [5.41, 5.74) is 1.56. The normalized spacial score (nSPS) is 10.2. The summed E-state index contributed by atoms with van der Waals surface area (Å²) in [7, 11) is 2.53. The first-order valence-corrected chi connectivity index (χ1v) is 5.51. The van der Waals surface area contributed by atoms with Crippen LogP contribution in [0.25, 0.3) is 11.1 Å². The highest BCUT2D eigenvalue weighted by molar-refractivity contribution is 6.07. The number of aromatic hydroxyl groups is 1. The third kappa shape index (κ3) is 2.22. The van der Waals surface area contributed by atoms with Crippen LogP contribution in [0.5, 0.6) is 5.75 Å². The van der Waals surface area contributed by atoms with E-state index in [4.69, 9.17) is 0 Å². The van der Waals surface area contributed by atoms with Crippen LogP contribution < -0.4 is 0 Å². The van der Waals surface area contributed by atoms with E-state index in [9.17, 15) is 14.7 Å². The number of methoxy groups -OCH3 is 2. The Kier molecular flexibility index (Phi) is 3.37. The number of carbonyl (C=O) groups is 2. The minimum Gasteiger partial charge on any atom is -0.508 e. The third-order valence-electron chi connectivity index (χ3n) is 2.81. The Labute approximate surface area is 109 Å². The number of carbonyl (C=O) groups excluding carboxylic acids is 2. The van der Waals surface area contributed by atoms with Gasteiger partial charge in [-0.1, -0.05) is 0 Å². The molecule has 0 aromatic heterocycles. The molecule has 0 bridgehead atoms. The largest absolute Gasteiger partial charge is 0.508 e. The van der Waals surface area contributed by atoms with Gasteiger partial charge in [-0.2, -0.15) is 0 Å². The quantitative estimate of drug-likeness (QED) is 0.837. The lowest BCUT2D eigenvalue weighted by molar-refractivity contribution is 0.0600. The van der Waals surface area contributed by atoms with Gasteiger partial charge in [0.05, 0.1) is 25.3 Å². The van der Waals surface area contributed by atoms with Crippen LogP contribution in [0.2, 0.25) is 0 Å². The molecule has 0 aromatic rings. The predicted octanol–water partition coefficient (Wildman–Crippen LogP) is 2.07. The van der Waals surface area contributed by atoms with Crippen molar-refractivity contribution in [1.29, 1.82) is 0 Å². The van der Waals surface area contributed by atoms with E-state index in [2.05, 4.69) is 9.47 Å². The van der Waals surface area contributed by atoms with E-state index >= 15 is 0 Å². The second-order valence-corrected chi connectivity index (χ2v) is 3.87. The summed E-state index contributed by atoms with van der Waals surface area (Å²) < 4.78 is 9.36. The van der Waals surface area contributed by atoms with Crippen molar-refractivity contribution in [2.45, 2.75) is 0 Å². The SMILES string of the molecule is COC(=O)c1cc(C(=O)OC)c2ccc(O)ccc1-2. The van der Waals surface area contributed by atoms with Crippen LogP contribution in [-0.4, -0.2) is 31.3 Å². The van der Waals surface area contributed by atoms with E-state index in [1.807, 2.05) is 0 Å². The molecule has 2 rings (SSSR count). The summed E-state index contributed by atoms with van der Waals surface area (Å²) in [6, 6.07) is 7.43. The fourth-order valence-electron chi connectivity index (χ4n) is 1.90. The average Bonchev–Trinajstić information content (AvgIpc) is 2.69. The highest BCUT2D eigenvalue weighted by atomic mass is 16.5. The Hall–Kier alpha value is -2.56. The lowest BCUT2D eigenvalue weighted by atomic mass is 10.1. The van der Waals surface area contributed by atoms with Crippen LogP contribution in [0.1, 0.15) is 20.7 Å². The van der Waals surface area contributed by atoms with E-state index in [0.29, 0.717) is 11.1 Å². The second kappa shape index (κ2) is 4.97. The highest BCUT2D eigenvalue weighted by Gasteiger charge is 2.24. The molecular formula is C14H12O5. The summed E-state index contributed by atoms with van der Waals surface area (Å²) in [6.45, 7) is 0. The van der Waals surface area contributed by atoms with Crippen molar-refractivity contribution < 1.29 is 24.2 Å². The Bertz CT molecular complexity index is 567. The first-order valence-electron chi connectivity index (χ1n) is 5.51. The number of ether oxygens (including phenoxy) is 2. The van der Waals surface area contributed by atoms with Crippen LogP contribution in [0.3, 0.4) is 0 Å². The molecule has 0 saturated heterocycles. The van der Waals surface area contributed by atoms with Gasteiger partial charge < -0.3 is 14.6 Å². The Morgan fingerprint density at radius 1 is 0.895 bits per heavy atom. The van der Waals surface area contributed by atoms with Crippen molar-refractivity contribution in [3.05, 3.63) is 41.5 Å². The van der Waals surface area contributed by atoms with Gasteiger partial charge in [0.1, 0.15) is 5.75 Å². The molecule has 0 radical (unpaired) electrons. The van der Waals surface area contributed by atoms with Crippen molar-refractivity contribution in [3.8, 4) is 16.9 Å². The molecule has 0 amide bonds. The highest BCUT2D eigenvalue weighted by Crippen LogP contribution is 2.33. The van der Waals surface area contributed by atoms with Gasteiger partial charge in [-0.15, -0.1) is 0 Å². The molecule has 5 nitrogen and oxygen atoms in total. The molecule has 0 heterocycles. The van der Waals surface area contributed by atoms with Gasteiger partial charge in [0.2, 0.25) is 0 Å². The van der Waals surface area contributed by atoms with Gasteiger partial charge in [0, 0.05) is 0 Å². The third-order valence-corrected chi connectivity index (χ3v) is 2.81. The molecular weight excluding hydrogens is 248 g/mol. The Morgan fingerprint density at radius 2 is 1.32 bits per heavy atom. The summed E-state index contributed by atoms with van der Waals surface area (Å²) in [5.74, 6) is -1.07. The van der Waals surface area contributed by atoms with Gasteiger partial charge in [-0.05, 0) is 41.5 Å². The zero-order chi connectivity index (χ0) is 14.0. The van der Waals surface area contributed by atoms with Crippen molar-refractivity contribution >= 4 is 11.9 Å².